The number of hydrogen-bond acceptors (Lipinski definition) is 9. The second-order valence-electron chi connectivity index (χ2n) is 14.5. The molecular formula is C40H56ClN7O5. The molecule has 0 spiro atoms. The van der Waals surface area contributed by atoms with E-state index in [4.69, 9.17) is 32.5 Å². The smallest absolute Gasteiger partial charge is 0.415 e. The molecule has 1 aliphatic carbocycles. The fourth-order valence-corrected chi connectivity index (χ4v) is 7.64. The first-order valence-electron chi connectivity index (χ1n) is 18.8. The van der Waals surface area contributed by atoms with Gasteiger partial charge in [0.05, 0.1) is 24.7 Å². The molecule has 2 aliphatic rings. The van der Waals surface area contributed by atoms with E-state index in [1.165, 1.54) is 4.90 Å². The van der Waals surface area contributed by atoms with Gasteiger partial charge in [-0.15, -0.1) is 0 Å². The summed E-state index contributed by atoms with van der Waals surface area (Å²) in [4.78, 5) is 47.6. The van der Waals surface area contributed by atoms with Crippen LogP contribution >= 0.6 is 11.6 Å². The first-order chi connectivity index (χ1) is 25.6. The van der Waals surface area contributed by atoms with Crippen LogP contribution in [-0.2, 0) is 22.7 Å². The number of rotatable bonds is 15. The molecule has 0 unspecified atom stereocenters. The number of hydrogen-bond donors (Lipinski definition) is 4. The lowest BCUT2D eigenvalue weighted by atomic mass is 9.85. The molecule has 0 bridgehead atoms. The molecule has 13 heteroatoms. The Bertz CT molecular complexity index is 1700. The van der Waals surface area contributed by atoms with Gasteiger partial charge in [-0.2, -0.15) is 0 Å². The number of methoxy groups -OCH3 is 1. The Balaban J connectivity index is 1.35. The largest absolute Gasteiger partial charge is 0.496 e. The van der Waals surface area contributed by atoms with Crippen molar-refractivity contribution in [1.29, 1.82) is 0 Å². The minimum Gasteiger partial charge on any atom is -0.496 e. The van der Waals surface area contributed by atoms with E-state index in [1.54, 1.807) is 18.1 Å². The molecule has 0 aromatic heterocycles. The number of carbonyl (C=O) groups is 3. The van der Waals surface area contributed by atoms with E-state index in [0.29, 0.717) is 36.2 Å². The highest BCUT2D eigenvalue weighted by molar-refractivity contribution is 6.37. The lowest BCUT2D eigenvalue weighted by Gasteiger charge is -2.42. The first-order valence-corrected chi connectivity index (χ1v) is 19.2. The monoisotopic (exact) mass is 749 g/mol. The minimum atomic E-state index is -0.944. The second kappa shape index (κ2) is 19.4. The zero-order chi connectivity index (χ0) is 37.9. The van der Waals surface area contributed by atoms with Crippen LogP contribution in [0.15, 0.2) is 54.6 Å². The summed E-state index contributed by atoms with van der Waals surface area (Å²) in [6, 6.07) is 15.5. The summed E-state index contributed by atoms with van der Waals surface area (Å²) in [5.74, 6) is 0.890. The highest BCUT2D eigenvalue weighted by Crippen LogP contribution is 2.33. The fraction of sp³-hybridized carbons (Fsp3) is 0.525. The van der Waals surface area contributed by atoms with Crippen LogP contribution in [0.3, 0.4) is 0 Å². The highest BCUT2D eigenvalue weighted by Gasteiger charge is 2.40. The molecule has 6 N–H and O–H groups in total. The lowest BCUT2D eigenvalue weighted by Crippen LogP contribution is -2.64. The molecule has 12 nitrogen and oxygen atoms in total. The van der Waals surface area contributed by atoms with Crippen LogP contribution < -0.4 is 31.6 Å². The number of amides is 3. The quantitative estimate of drug-likeness (QED) is 0.165. The Labute approximate surface area is 318 Å². The minimum absolute atomic E-state index is 0.0357. The van der Waals surface area contributed by atoms with Gasteiger partial charge in [0, 0.05) is 43.2 Å². The first kappa shape index (κ1) is 40.2. The molecule has 3 amide bonds. The van der Waals surface area contributed by atoms with Crippen LogP contribution in [0.4, 0.5) is 4.79 Å². The van der Waals surface area contributed by atoms with Crippen molar-refractivity contribution < 1.29 is 23.9 Å². The Kier molecular flexibility index (Phi) is 14.7. The average molecular weight is 750 g/mol. The molecular weight excluding hydrogens is 694 g/mol. The van der Waals surface area contributed by atoms with E-state index < -0.39 is 18.2 Å². The van der Waals surface area contributed by atoms with Gasteiger partial charge in [-0.3, -0.25) is 9.59 Å². The van der Waals surface area contributed by atoms with Crippen molar-refractivity contribution in [3.8, 4) is 11.5 Å². The number of nitrogens with two attached hydrogens (primary N) is 2. The Hall–Kier alpha value is -3.94. The normalized spacial score (nSPS) is 19.6. The van der Waals surface area contributed by atoms with Crippen molar-refractivity contribution in [2.75, 3.05) is 53.9 Å². The van der Waals surface area contributed by atoms with E-state index >= 15 is 0 Å². The summed E-state index contributed by atoms with van der Waals surface area (Å²) >= 11 is 6.66. The molecule has 2 fully saturated rings. The fourth-order valence-electron chi connectivity index (χ4n) is 7.37. The molecule has 53 heavy (non-hydrogen) atoms. The number of ether oxygens (including phenoxy) is 2. The van der Waals surface area contributed by atoms with Gasteiger partial charge in [0.15, 0.2) is 5.75 Å². The van der Waals surface area contributed by atoms with Gasteiger partial charge in [0.1, 0.15) is 11.8 Å². The van der Waals surface area contributed by atoms with Crippen LogP contribution in [0, 0.1) is 5.92 Å². The molecule has 5 rings (SSSR count). The number of nitrogens with zero attached hydrogens (tertiary/aromatic N) is 3. The predicted molar refractivity (Wildman–Crippen MR) is 209 cm³/mol. The standard InChI is InChI=1S/C40H56ClN7O5/c1-46(2)19-7-6-10-33(45-31-16-12-27(23-42)13-17-31)39(50)48-21-20-47(40(51)53-35-18-15-29-8-4-5-9-32(29)37(35)41)26-34(48)38(49)44-25-28-11-14-30(24-43)36(22-28)52-3/h4-5,8-9,11,14-15,18,22,27,31,33-34,45H,6-7,10,12-13,16-17,19-21,23-26,42-43H2,1-3H3,(H,44,49)/t27?,31?,33-,34+/m1/s1. The van der Waals surface area contributed by atoms with Crippen molar-refractivity contribution in [2.45, 2.75) is 76.2 Å². The maximum atomic E-state index is 14.6. The molecule has 1 saturated heterocycles. The van der Waals surface area contributed by atoms with Crippen molar-refractivity contribution in [1.82, 2.24) is 25.3 Å². The van der Waals surface area contributed by atoms with E-state index in [1.807, 2.05) is 62.6 Å². The van der Waals surface area contributed by atoms with E-state index in [0.717, 1.165) is 67.0 Å². The van der Waals surface area contributed by atoms with E-state index in [2.05, 4.69) is 15.5 Å². The zero-order valence-corrected chi connectivity index (χ0v) is 32.1. The molecule has 1 heterocycles. The van der Waals surface area contributed by atoms with Gasteiger partial charge >= 0.3 is 6.09 Å². The van der Waals surface area contributed by atoms with Crippen LogP contribution in [0.5, 0.6) is 11.5 Å². The third-order valence-electron chi connectivity index (χ3n) is 10.6. The third kappa shape index (κ3) is 10.6. The summed E-state index contributed by atoms with van der Waals surface area (Å²) in [5, 5.41) is 8.74. The van der Waals surface area contributed by atoms with Gasteiger partial charge in [-0.25, -0.2) is 4.79 Å². The van der Waals surface area contributed by atoms with Gasteiger partial charge in [-0.1, -0.05) is 60.5 Å². The molecule has 1 aliphatic heterocycles. The van der Waals surface area contributed by atoms with Crippen LogP contribution in [0.1, 0.15) is 56.1 Å². The number of unbranched alkanes of at least 4 members (excludes halogenated alkanes) is 1. The summed E-state index contributed by atoms with van der Waals surface area (Å²) in [7, 11) is 5.66. The number of carbonyl (C=O) groups excluding carboxylic acids is 3. The van der Waals surface area contributed by atoms with Gasteiger partial charge in [0.25, 0.3) is 0 Å². The molecule has 0 radical (unpaired) electrons. The molecule has 3 aromatic rings. The lowest BCUT2D eigenvalue weighted by molar-refractivity contribution is -0.145. The summed E-state index contributed by atoms with van der Waals surface area (Å²) in [5.41, 5.74) is 13.5. The number of fused-ring (bicyclic) bond motifs is 1. The van der Waals surface area contributed by atoms with Crippen LogP contribution in [0.25, 0.3) is 10.8 Å². The topological polar surface area (TPSA) is 155 Å². The number of piperazine rings is 1. The Morgan fingerprint density at radius 1 is 0.981 bits per heavy atom. The third-order valence-corrected chi connectivity index (χ3v) is 10.9. The highest BCUT2D eigenvalue weighted by atomic mass is 35.5. The second-order valence-corrected chi connectivity index (χ2v) is 14.9. The molecule has 3 aromatic carbocycles. The van der Waals surface area contributed by atoms with Crippen molar-refractivity contribution in [3.05, 3.63) is 70.7 Å². The van der Waals surface area contributed by atoms with Crippen LogP contribution in [0.2, 0.25) is 5.02 Å². The van der Waals surface area contributed by atoms with Gasteiger partial charge in [-0.05, 0) is 94.7 Å². The predicted octanol–water partition coefficient (Wildman–Crippen LogP) is 4.50. The summed E-state index contributed by atoms with van der Waals surface area (Å²) < 4.78 is 11.3. The van der Waals surface area contributed by atoms with E-state index in [-0.39, 0.29) is 49.8 Å². The summed E-state index contributed by atoms with van der Waals surface area (Å²) in [6.07, 6.45) is 5.78. The van der Waals surface area contributed by atoms with Crippen molar-refractivity contribution in [3.63, 3.8) is 0 Å². The molecule has 1 saturated carbocycles. The summed E-state index contributed by atoms with van der Waals surface area (Å²) in [6.45, 7) is 2.47. The Morgan fingerprint density at radius 3 is 2.47 bits per heavy atom. The number of benzene rings is 3. The van der Waals surface area contributed by atoms with Crippen molar-refractivity contribution in [2.24, 2.45) is 17.4 Å². The van der Waals surface area contributed by atoms with E-state index in [9.17, 15) is 14.4 Å². The Morgan fingerprint density at radius 2 is 1.75 bits per heavy atom. The van der Waals surface area contributed by atoms with Crippen molar-refractivity contribution >= 4 is 40.3 Å². The zero-order valence-electron chi connectivity index (χ0n) is 31.3. The maximum absolute atomic E-state index is 14.6. The van der Waals surface area contributed by atoms with Crippen LogP contribution in [-0.4, -0.2) is 105 Å². The average Bonchev–Trinajstić information content (AvgIpc) is 3.18. The number of halogens is 1. The SMILES string of the molecule is COc1cc(CNC(=O)[C@@H]2CN(C(=O)Oc3ccc4ccccc4c3Cl)CCN2C(=O)[C@@H](CCCCN(C)C)NC2CCC(CN)CC2)ccc1CN. The van der Waals surface area contributed by atoms with Gasteiger partial charge < -0.3 is 46.3 Å². The van der Waals surface area contributed by atoms with Gasteiger partial charge in [0.2, 0.25) is 11.8 Å². The maximum Gasteiger partial charge on any atom is 0.415 e. The molecule has 2 atom stereocenters. The molecule has 288 valence electrons. The number of nitrogens with one attached hydrogen (secondary N) is 2.